The van der Waals surface area contributed by atoms with Crippen LogP contribution in [-0.2, 0) is 0 Å². The molecule has 0 saturated heterocycles. The molecule has 1 atom stereocenters. The first kappa shape index (κ1) is 19.6. The van der Waals surface area contributed by atoms with Crippen LogP contribution in [0.15, 0.2) is 23.1 Å². The average molecular weight is 318 g/mol. The molecule has 0 radical (unpaired) electrons. The highest BCUT2D eigenvalue weighted by molar-refractivity contribution is 7.80. The summed E-state index contributed by atoms with van der Waals surface area (Å²) in [5.41, 5.74) is 1.17. The Balaban J connectivity index is 0.00000361. The molecular weight excluding hydrogens is 290 g/mol. The molecule has 0 fully saturated rings. The Morgan fingerprint density at radius 1 is 1.20 bits per heavy atom. The minimum absolute atomic E-state index is 0. The Bertz CT molecular complexity index is 404. The molecule has 1 aromatic rings. The average Bonchev–Trinajstić information content (AvgIpc) is 2.28. The molecule has 116 valence electrons. The van der Waals surface area contributed by atoms with Gasteiger partial charge in [0.05, 0.1) is 27.7 Å². The Morgan fingerprint density at radius 3 is 2.35 bits per heavy atom. The third-order valence-electron chi connectivity index (χ3n) is 3.18. The normalized spacial score (nSPS) is 12.7. The van der Waals surface area contributed by atoms with E-state index in [0.717, 1.165) is 40.9 Å². The SMILES string of the molecule is CCCC(CC[N+](C)(C)C)Oc1ccc(S)cc1C.[Cl-]. The van der Waals surface area contributed by atoms with E-state index in [4.69, 9.17) is 4.74 Å². The van der Waals surface area contributed by atoms with E-state index in [1.54, 1.807) is 0 Å². The monoisotopic (exact) mass is 317 g/mol. The van der Waals surface area contributed by atoms with Crippen LogP contribution in [0.5, 0.6) is 5.75 Å². The number of nitrogens with zero attached hydrogens (tertiary/aromatic N) is 1. The minimum atomic E-state index is 0. The van der Waals surface area contributed by atoms with Crippen molar-refractivity contribution in [3.63, 3.8) is 0 Å². The fraction of sp³-hybridized carbons (Fsp3) is 0.625. The Hall–Kier alpha value is -0.380. The van der Waals surface area contributed by atoms with Crippen molar-refractivity contribution in [3.05, 3.63) is 23.8 Å². The van der Waals surface area contributed by atoms with Crippen LogP contribution < -0.4 is 17.1 Å². The third-order valence-corrected chi connectivity index (χ3v) is 3.46. The van der Waals surface area contributed by atoms with E-state index in [9.17, 15) is 0 Å². The first-order valence-corrected chi connectivity index (χ1v) is 7.53. The van der Waals surface area contributed by atoms with Crippen LogP contribution >= 0.6 is 12.6 Å². The Labute approximate surface area is 135 Å². The maximum absolute atomic E-state index is 6.19. The second-order valence-electron chi connectivity index (χ2n) is 6.28. The zero-order chi connectivity index (χ0) is 14.5. The van der Waals surface area contributed by atoms with Gasteiger partial charge in [-0.2, -0.15) is 0 Å². The Kier molecular flexibility index (Phi) is 8.64. The zero-order valence-electron chi connectivity index (χ0n) is 13.3. The van der Waals surface area contributed by atoms with Gasteiger partial charge in [0.1, 0.15) is 11.9 Å². The van der Waals surface area contributed by atoms with Crippen LogP contribution in [0.3, 0.4) is 0 Å². The van der Waals surface area contributed by atoms with E-state index in [-0.39, 0.29) is 12.4 Å². The van der Waals surface area contributed by atoms with E-state index in [1.807, 2.05) is 12.1 Å². The summed E-state index contributed by atoms with van der Waals surface area (Å²) in [5, 5.41) is 0. The van der Waals surface area contributed by atoms with Crippen molar-refractivity contribution in [2.24, 2.45) is 0 Å². The van der Waals surface area contributed by atoms with E-state index in [2.05, 4.69) is 53.7 Å². The molecule has 1 rings (SSSR count). The number of thiol groups is 1. The molecule has 0 amide bonds. The van der Waals surface area contributed by atoms with Gasteiger partial charge in [0.25, 0.3) is 0 Å². The highest BCUT2D eigenvalue weighted by Crippen LogP contribution is 2.24. The van der Waals surface area contributed by atoms with Crippen LogP contribution in [0.2, 0.25) is 0 Å². The molecule has 0 aliphatic rings. The Morgan fingerprint density at radius 2 is 1.85 bits per heavy atom. The molecule has 0 saturated carbocycles. The lowest BCUT2D eigenvalue weighted by molar-refractivity contribution is -0.870. The molecule has 0 aliphatic heterocycles. The first-order valence-electron chi connectivity index (χ1n) is 7.08. The standard InChI is InChI=1S/C16H27NOS.ClH/c1-6-7-14(10-11-17(3,4)5)18-16-9-8-15(19)12-13(16)2;/h8-9,12,14H,6-7,10-11H2,1-5H3;1H. The lowest BCUT2D eigenvalue weighted by atomic mass is 10.1. The number of hydrogen-bond donors (Lipinski definition) is 1. The lowest BCUT2D eigenvalue weighted by Crippen LogP contribution is -3.00. The quantitative estimate of drug-likeness (QED) is 0.581. The predicted molar refractivity (Wildman–Crippen MR) is 85.3 cm³/mol. The molecule has 0 N–H and O–H groups in total. The smallest absolute Gasteiger partial charge is 0.122 e. The maximum atomic E-state index is 6.19. The van der Waals surface area contributed by atoms with E-state index >= 15 is 0 Å². The maximum Gasteiger partial charge on any atom is 0.122 e. The number of aryl methyl sites for hydroxylation is 1. The summed E-state index contributed by atoms with van der Waals surface area (Å²) in [4.78, 5) is 0.989. The van der Waals surface area contributed by atoms with Gasteiger partial charge in [-0.15, -0.1) is 12.6 Å². The van der Waals surface area contributed by atoms with Crippen molar-refractivity contribution in [1.82, 2.24) is 0 Å². The third kappa shape index (κ3) is 7.41. The molecule has 0 aliphatic carbocycles. The summed E-state index contributed by atoms with van der Waals surface area (Å²) >= 11 is 4.35. The van der Waals surface area contributed by atoms with Gasteiger partial charge in [-0.1, -0.05) is 13.3 Å². The fourth-order valence-electron chi connectivity index (χ4n) is 2.06. The lowest BCUT2D eigenvalue weighted by Gasteiger charge is -2.27. The van der Waals surface area contributed by atoms with Gasteiger partial charge < -0.3 is 21.6 Å². The minimum Gasteiger partial charge on any atom is -1.00 e. The van der Waals surface area contributed by atoms with Crippen molar-refractivity contribution in [1.29, 1.82) is 0 Å². The molecule has 20 heavy (non-hydrogen) atoms. The largest absolute Gasteiger partial charge is 1.00 e. The molecule has 4 heteroatoms. The van der Waals surface area contributed by atoms with Crippen LogP contribution in [0.4, 0.5) is 0 Å². The summed E-state index contributed by atoms with van der Waals surface area (Å²) < 4.78 is 7.18. The van der Waals surface area contributed by atoms with Gasteiger partial charge in [-0.05, 0) is 37.1 Å². The van der Waals surface area contributed by atoms with Crippen LogP contribution in [-0.4, -0.2) is 38.3 Å². The molecule has 0 aromatic heterocycles. The summed E-state index contributed by atoms with van der Waals surface area (Å²) in [6.07, 6.45) is 3.68. The molecule has 0 heterocycles. The number of ether oxygens (including phenoxy) is 1. The molecule has 0 spiro atoms. The van der Waals surface area contributed by atoms with Crippen molar-refractivity contribution in [3.8, 4) is 5.75 Å². The van der Waals surface area contributed by atoms with Crippen molar-refractivity contribution < 1.29 is 21.6 Å². The van der Waals surface area contributed by atoms with Gasteiger partial charge in [0, 0.05) is 11.3 Å². The van der Waals surface area contributed by atoms with E-state index in [0.29, 0.717) is 6.10 Å². The topological polar surface area (TPSA) is 9.23 Å². The number of rotatable bonds is 7. The number of quaternary nitrogens is 1. The van der Waals surface area contributed by atoms with Crippen molar-refractivity contribution in [2.45, 2.75) is 44.1 Å². The van der Waals surface area contributed by atoms with Gasteiger partial charge in [-0.3, -0.25) is 0 Å². The summed E-state index contributed by atoms with van der Waals surface area (Å²) in [7, 11) is 6.68. The molecule has 0 bridgehead atoms. The summed E-state index contributed by atoms with van der Waals surface area (Å²) in [6, 6.07) is 6.09. The van der Waals surface area contributed by atoms with Gasteiger partial charge in [0.2, 0.25) is 0 Å². The van der Waals surface area contributed by atoms with Crippen LogP contribution in [0, 0.1) is 6.92 Å². The highest BCUT2D eigenvalue weighted by atomic mass is 35.5. The van der Waals surface area contributed by atoms with Gasteiger partial charge in [0.15, 0.2) is 0 Å². The van der Waals surface area contributed by atoms with Crippen molar-refractivity contribution in [2.75, 3.05) is 27.7 Å². The van der Waals surface area contributed by atoms with E-state index in [1.165, 1.54) is 5.56 Å². The second-order valence-corrected chi connectivity index (χ2v) is 6.80. The van der Waals surface area contributed by atoms with Gasteiger partial charge >= 0.3 is 0 Å². The van der Waals surface area contributed by atoms with Crippen molar-refractivity contribution >= 4 is 12.6 Å². The highest BCUT2D eigenvalue weighted by Gasteiger charge is 2.16. The molecule has 2 nitrogen and oxygen atoms in total. The predicted octanol–water partition coefficient (Wildman–Crippen LogP) is 0.932. The number of hydrogen-bond acceptors (Lipinski definition) is 2. The fourth-order valence-corrected chi connectivity index (χ4v) is 2.33. The number of halogens is 1. The summed E-state index contributed by atoms with van der Waals surface area (Å²) in [6.45, 7) is 5.43. The summed E-state index contributed by atoms with van der Waals surface area (Å²) in [5.74, 6) is 0.998. The molecule has 1 aromatic carbocycles. The van der Waals surface area contributed by atoms with Crippen LogP contribution in [0.25, 0.3) is 0 Å². The first-order chi connectivity index (χ1) is 8.81. The zero-order valence-corrected chi connectivity index (χ0v) is 15.0. The van der Waals surface area contributed by atoms with Gasteiger partial charge in [-0.25, -0.2) is 0 Å². The van der Waals surface area contributed by atoms with E-state index < -0.39 is 0 Å². The molecular formula is C16H28ClNOS. The molecule has 1 unspecified atom stereocenters. The second kappa shape index (κ2) is 8.81. The number of benzene rings is 1. The van der Waals surface area contributed by atoms with Crippen LogP contribution in [0.1, 0.15) is 31.7 Å².